The maximum atomic E-state index is 12.3. The van der Waals surface area contributed by atoms with E-state index in [0.717, 1.165) is 6.54 Å². The van der Waals surface area contributed by atoms with Gasteiger partial charge in [-0.3, -0.25) is 0 Å². The Bertz CT molecular complexity index is 62.9. The third kappa shape index (κ3) is 5.68. The van der Waals surface area contributed by atoms with Crippen LogP contribution in [0.25, 0.3) is 0 Å². The predicted octanol–water partition coefficient (Wildman–Crippen LogP) is -0.176. The Morgan fingerprint density at radius 3 is 2.89 bits per heavy atom. The molecule has 9 heavy (non-hydrogen) atoms. The van der Waals surface area contributed by atoms with Gasteiger partial charge in [0.05, 0.1) is 0 Å². The van der Waals surface area contributed by atoms with Crippen molar-refractivity contribution in [2.24, 2.45) is 5.90 Å². The number of nitrogens with one attached hydrogen (secondary N) is 1. The molecule has 0 aromatic heterocycles. The second kappa shape index (κ2) is 5.94. The molecule has 56 valence electrons. The lowest BCUT2D eigenvalue weighted by Crippen LogP contribution is -2.27. The minimum atomic E-state index is -0.991. The molecular formula is C5H13FN2O. The van der Waals surface area contributed by atoms with Crippen LogP contribution in [0, 0.1) is 0 Å². The highest BCUT2D eigenvalue weighted by Gasteiger charge is 2.02. The summed E-state index contributed by atoms with van der Waals surface area (Å²) in [6, 6.07) is 0. The third-order valence-electron chi connectivity index (χ3n) is 0.893. The number of nitrogens with two attached hydrogens (primary N) is 1. The summed E-state index contributed by atoms with van der Waals surface area (Å²) in [7, 11) is 0. The highest BCUT2D eigenvalue weighted by molar-refractivity contribution is 4.55. The van der Waals surface area contributed by atoms with Gasteiger partial charge in [0, 0.05) is 6.54 Å². The summed E-state index contributed by atoms with van der Waals surface area (Å²) < 4.78 is 12.3. The molecular weight excluding hydrogens is 123 g/mol. The Morgan fingerprint density at radius 1 is 1.78 bits per heavy atom. The zero-order valence-electron chi connectivity index (χ0n) is 5.56. The van der Waals surface area contributed by atoms with E-state index < -0.39 is 6.17 Å². The van der Waals surface area contributed by atoms with E-state index in [2.05, 4.69) is 16.1 Å². The highest BCUT2D eigenvalue weighted by atomic mass is 19.1. The average Bonchev–Trinajstić information content (AvgIpc) is 1.85. The molecule has 0 aromatic carbocycles. The fourth-order valence-electron chi connectivity index (χ4n) is 0.464. The quantitative estimate of drug-likeness (QED) is 0.515. The number of hydrogen-bond acceptors (Lipinski definition) is 3. The predicted molar refractivity (Wildman–Crippen MR) is 33.6 cm³/mol. The maximum absolute atomic E-state index is 12.3. The SMILES string of the molecule is CCNCC(F)CON. The van der Waals surface area contributed by atoms with Crippen LogP contribution in [0.2, 0.25) is 0 Å². The average molecular weight is 136 g/mol. The largest absolute Gasteiger partial charge is 0.314 e. The summed E-state index contributed by atoms with van der Waals surface area (Å²) in [6.45, 7) is 2.96. The molecule has 0 spiro atoms. The molecule has 4 heteroatoms. The molecule has 0 aromatic rings. The summed E-state index contributed by atoms with van der Waals surface area (Å²) in [5, 5.41) is 2.82. The van der Waals surface area contributed by atoms with E-state index in [0.29, 0.717) is 6.54 Å². The van der Waals surface area contributed by atoms with Crippen LogP contribution in [0.5, 0.6) is 0 Å². The summed E-state index contributed by atoms with van der Waals surface area (Å²) in [6.07, 6.45) is -0.991. The lowest BCUT2D eigenvalue weighted by atomic mass is 10.4. The summed E-state index contributed by atoms with van der Waals surface area (Å²) in [5.41, 5.74) is 0. The molecule has 0 fully saturated rings. The van der Waals surface area contributed by atoms with Crippen LogP contribution in [0.1, 0.15) is 6.92 Å². The van der Waals surface area contributed by atoms with E-state index in [9.17, 15) is 4.39 Å². The molecule has 0 aliphatic rings. The van der Waals surface area contributed by atoms with E-state index in [4.69, 9.17) is 0 Å². The van der Waals surface area contributed by atoms with Gasteiger partial charge in [0.1, 0.15) is 12.8 Å². The smallest absolute Gasteiger partial charge is 0.138 e. The van der Waals surface area contributed by atoms with Crippen molar-refractivity contribution < 1.29 is 9.23 Å². The van der Waals surface area contributed by atoms with Crippen LogP contribution in [0.3, 0.4) is 0 Å². The Morgan fingerprint density at radius 2 is 2.44 bits per heavy atom. The molecule has 0 amide bonds. The molecule has 0 heterocycles. The molecule has 0 saturated heterocycles. The topological polar surface area (TPSA) is 47.3 Å². The normalized spacial score (nSPS) is 13.7. The van der Waals surface area contributed by atoms with Crippen LogP contribution in [-0.4, -0.2) is 25.9 Å². The minimum Gasteiger partial charge on any atom is -0.314 e. The fourth-order valence-corrected chi connectivity index (χ4v) is 0.464. The van der Waals surface area contributed by atoms with E-state index in [1.807, 2.05) is 6.92 Å². The third-order valence-corrected chi connectivity index (χ3v) is 0.893. The Balaban J connectivity index is 2.95. The minimum absolute atomic E-state index is 0.0347. The molecule has 0 saturated carbocycles. The van der Waals surface area contributed by atoms with Gasteiger partial charge in [0.15, 0.2) is 0 Å². The van der Waals surface area contributed by atoms with Crippen molar-refractivity contribution >= 4 is 0 Å². The molecule has 1 unspecified atom stereocenters. The van der Waals surface area contributed by atoms with E-state index in [1.54, 1.807) is 0 Å². The lowest BCUT2D eigenvalue weighted by molar-refractivity contribution is 0.0816. The monoisotopic (exact) mass is 136 g/mol. The first-order valence-electron chi connectivity index (χ1n) is 2.97. The molecule has 3 N–H and O–H groups in total. The molecule has 1 atom stereocenters. The van der Waals surface area contributed by atoms with Gasteiger partial charge < -0.3 is 10.2 Å². The molecule has 0 bridgehead atoms. The summed E-state index contributed by atoms with van der Waals surface area (Å²) >= 11 is 0. The van der Waals surface area contributed by atoms with Crippen molar-refractivity contribution in [3.05, 3.63) is 0 Å². The van der Waals surface area contributed by atoms with Gasteiger partial charge in [-0.05, 0) is 6.54 Å². The van der Waals surface area contributed by atoms with Gasteiger partial charge in [-0.15, -0.1) is 0 Å². The first-order valence-corrected chi connectivity index (χ1v) is 2.97. The van der Waals surface area contributed by atoms with Crippen LogP contribution < -0.4 is 11.2 Å². The van der Waals surface area contributed by atoms with Gasteiger partial charge >= 0.3 is 0 Å². The van der Waals surface area contributed by atoms with Gasteiger partial charge in [0.2, 0.25) is 0 Å². The van der Waals surface area contributed by atoms with Crippen molar-refractivity contribution in [3.63, 3.8) is 0 Å². The van der Waals surface area contributed by atoms with Crippen molar-refractivity contribution in [1.82, 2.24) is 5.32 Å². The van der Waals surface area contributed by atoms with Crippen molar-refractivity contribution in [1.29, 1.82) is 0 Å². The Labute approximate surface area is 54.3 Å². The van der Waals surface area contributed by atoms with Gasteiger partial charge in [-0.25, -0.2) is 10.3 Å². The van der Waals surface area contributed by atoms with Crippen LogP contribution in [-0.2, 0) is 4.84 Å². The number of halogens is 1. The molecule has 0 aliphatic heterocycles. The lowest BCUT2D eigenvalue weighted by Gasteiger charge is -2.05. The van der Waals surface area contributed by atoms with E-state index >= 15 is 0 Å². The van der Waals surface area contributed by atoms with Crippen LogP contribution in [0.4, 0.5) is 4.39 Å². The zero-order chi connectivity index (χ0) is 7.11. The summed E-state index contributed by atoms with van der Waals surface area (Å²) in [4.78, 5) is 4.09. The fraction of sp³-hybridized carbons (Fsp3) is 1.00. The van der Waals surface area contributed by atoms with Crippen molar-refractivity contribution in [3.8, 4) is 0 Å². The standard InChI is InChI=1S/C5H13FN2O/c1-2-8-3-5(6)4-9-7/h5,8H,2-4,7H2,1H3. The van der Waals surface area contributed by atoms with Crippen LogP contribution >= 0.6 is 0 Å². The second-order valence-electron chi connectivity index (χ2n) is 1.74. The Kier molecular flexibility index (Phi) is 5.81. The molecule has 0 aliphatic carbocycles. The number of hydrogen-bond donors (Lipinski definition) is 2. The molecule has 3 nitrogen and oxygen atoms in total. The first-order chi connectivity index (χ1) is 4.31. The van der Waals surface area contributed by atoms with Gasteiger partial charge in [0.25, 0.3) is 0 Å². The van der Waals surface area contributed by atoms with Gasteiger partial charge in [-0.2, -0.15) is 0 Å². The van der Waals surface area contributed by atoms with E-state index in [-0.39, 0.29) is 6.61 Å². The first kappa shape index (κ1) is 8.81. The number of alkyl halides is 1. The van der Waals surface area contributed by atoms with E-state index in [1.165, 1.54) is 0 Å². The summed E-state index contributed by atoms with van der Waals surface area (Å²) in [5.74, 6) is 4.63. The zero-order valence-corrected chi connectivity index (χ0v) is 5.56. The second-order valence-corrected chi connectivity index (χ2v) is 1.74. The van der Waals surface area contributed by atoms with Crippen molar-refractivity contribution in [2.45, 2.75) is 13.1 Å². The van der Waals surface area contributed by atoms with Crippen molar-refractivity contribution in [2.75, 3.05) is 19.7 Å². The molecule has 0 radical (unpaired) electrons. The maximum Gasteiger partial charge on any atom is 0.138 e. The molecule has 0 rings (SSSR count). The Hall–Kier alpha value is -0.190. The van der Waals surface area contributed by atoms with Crippen LogP contribution in [0.15, 0.2) is 0 Å². The number of rotatable bonds is 5. The highest BCUT2D eigenvalue weighted by Crippen LogP contribution is 1.86. The van der Waals surface area contributed by atoms with Gasteiger partial charge in [-0.1, -0.05) is 6.92 Å².